The molecule has 0 aliphatic rings. The number of amides is 1. The zero-order valence-corrected chi connectivity index (χ0v) is 18.5. The van der Waals surface area contributed by atoms with Gasteiger partial charge in [0.2, 0.25) is 11.2 Å². The Morgan fingerprint density at radius 1 is 0.944 bits per heavy atom. The molecule has 4 aromatic rings. The van der Waals surface area contributed by atoms with E-state index < -0.39 is 47.0 Å². The van der Waals surface area contributed by atoms with Gasteiger partial charge >= 0.3 is 6.18 Å². The minimum atomic E-state index is -5.04. The Bertz CT molecular complexity index is 1450. The first-order valence-corrected chi connectivity index (χ1v) is 10.3. The Kier molecular flexibility index (Phi) is 6.82. The van der Waals surface area contributed by atoms with Gasteiger partial charge in [-0.2, -0.15) is 13.2 Å². The zero-order chi connectivity index (χ0) is 25.9. The molecule has 0 saturated heterocycles. The van der Waals surface area contributed by atoms with E-state index in [0.29, 0.717) is 11.4 Å². The molecule has 1 aromatic heterocycles. The Morgan fingerprint density at radius 3 is 2.22 bits per heavy atom. The number of nitrogens with one attached hydrogen (secondary N) is 1. The molecular weight excluding hydrogens is 486 g/mol. The number of halogens is 4. The number of fused-ring (bicyclic) bond motifs is 1. The van der Waals surface area contributed by atoms with Gasteiger partial charge in [-0.3, -0.25) is 9.59 Å². The van der Waals surface area contributed by atoms with Crippen LogP contribution in [0.1, 0.15) is 5.76 Å². The summed E-state index contributed by atoms with van der Waals surface area (Å²) in [6.45, 7) is -0.502. The van der Waals surface area contributed by atoms with Gasteiger partial charge in [-0.1, -0.05) is 0 Å². The second kappa shape index (κ2) is 9.98. The molecule has 0 aliphatic heterocycles. The van der Waals surface area contributed by atoms with Crippen molar-refractivity contribution < 1.29 is 41.0 Å². The second-order valence-corrected chi connectivity index (χ2v) is 7.37. The summed E-state index contributed by atoms with van der Waals surface area (Å²) in [5.74, 6) is -3.31. The molecule has 0 radical (unpaired) electrons. The third-order valence-electron chi connectivity index (χ3n) is 4.86. The van der Waals surface area contributed by atoms with Crippen LogP contribution in [-0.4, -0.2) is 19.6 Å². The van der Waals surface area contributed by atoms with Crippen molar-refractivity contribution in [2.75, 3.05) is 19.0 Å². The summed E-state index contributed by atoms with van der Waals surface area (Å²) < 4.78 is 74.7. The van der Waals surface area contributed by atoms with E-state index in [1.807, 2.05) is 0 Å². The molecule has 0 atom stereocenters. The number of ether oxygens (including phenoxy) is 3. The summed E-state index contributed by atoms with van der Waals surface area (Å²) in [7, 11) is 1.42. The fraction of sp³-hybridized carbons (Fsp3) is 0.120. The number of carbonyl (C=O) groups excluding carboxylic acids is 1. The minimum absolute atomic E-state index is 0.0168. The zero-order valence-electron chi connectivity index (χ0n) is 18.5. The summed E-state index contributed by atoms with van der Waals surface area (Å²) in [6, 6.07) is 14.2. The van der Waals surface area contributed by atoms with E-state index in [9.17, 15) is 27.2 Å². The van der Waals surface area contributed by atoms with Crippen molar-refractivity contribution in [2.45, 2.75) is 6.18 Å². The highest BCUT2D eigenvalue weighted by Crippen LogP contribution is 2.38. The van der Waals surface area contributed by atoms with Crippen LogP contribution in [0, 0.1) is 5.82 Å². The van der Waals surface area contributed by atoms with Crippen LogP contribution in [0.3, 0.4) is 0 Å². The quantitative estimate of drug-likeness (QED) is 0.322. The molecular formula is C25H17F4NO6. The summed E-state index contributed by atoms with van der Waals surface area (Å²) in [4.78, 5) is 24.9. The highest BCUT2D eigenvalue weighted by atomic mass is 19.4. The van der Waals surface area contributed by atoms with Crippen LogP contribution in [-0.2, 0) is 11.0 Å². The molecule has 0 fully saturated rings. The predicted molar refractivity (Wildman–Crippen MR) is 121 cm³/mol. The van der Waals surface area contributed by atoms with Crippen LogP contribution >= 0.6 is 0 Å². The van der Waals surface area contributed by atoms with Crippen molar-refractivity contribution in [3.05, 3.63) is 88.5 Å². The molecule has 1 amide bonds. The highest BCUT2D eigenvalue weighted by Gasteiger charge is 2.40. The molecule has 0 saturated carbocycles. The van der Waals surface area contributed by atoms with Crippen LogP contribution < -0.4 is 25.0 Å². The van der Waals surface area contributed by atoms with E-state index in [2.05, 4.69) is 5.32 Å². The largest absolute Gasteiger partial charge is 0.497 e. The molecule has 1 heterocycles. The van der Waals surface area contributed by atoms with Gasteiger partial charge in [0.1, 0.15) is 28.6 Å². The van der Waals surface area contributed by atoms with Gasteiger partial charge in [0.25, 0.3) is 11.7 Å². The Hall–Kier alpha value is -4.54. The van der Waals surface area contributed by atoms with Crippen LogP contribution in [0.25, 0.3) is 11.0 Å². The SMILES string of the molecule is COc1ccc(Oc2c(C(F)(F)F)oc3cc(OCC(=O)Nc4ccc(F)cc4)ccc3c2=O)cc1. The first-order valence-electron chi connectivity index (χ1n) is 10.3. The van der Waals surface area contributed by atoms with Crippen molar-refractivity contribution >= 4 is 22.6 Å². The third kappa shape index (κ3) is 5.57. The molecule has 0 aliphatic carbocycles. The lowest BCUT2D eigenvalue weighted by Crippen LogP contribution is -2.20. The monoisotopic (exact) mass is 503 g/mol. The van der Waals surface area contributed by atoms with Crippen molar-refractivity contribution in [3.63, 3.8) is 0 Å². The molecule has 4 rings (SSSR count). The van der Waals surface area contributed by atoms with Crippen molar-refractivity contribution in [3.8, 4) is 23.0 Å². The first-order chi connectivity index (χ1) is 17.1. The third-order valence-corrected chi connectivity index (χ3v) is 4.86. The van der Waals surface area contributed by atoms with E-state index in [0.717, 1.165) is 18.2 Å². The van der Waals surface area contributed by atoms with Gasteiger partial charge in [0.15, 0.2) is 6.61 Å². The number of carbonyl (C=O) groups is 1. The van der Waals surface area contributed by atoms with Crippen molar-refractivity contribution in [2.24, 2.45) is 0 Å². The molecule has 11 heteroatoms. The van der Waals surface area contributed by atoms with Crippen LogP contribution in [0.2, 0.25) is 0 Å². The molecule has 0 spiro atoms. The first kappa shape index (κ1) is 24.6. The Labute approximate surface area is 200 Å². The van der Waals surface area contributed by atoms with Crippen LogP contribution in [0.5, 0.6) is 23.0 Å². The maximum absolute atomic E-state index is 13.7. The molecule has 36 heavy (non-hydrogen) atoms. The van der Waals surface area contributed by atoms with Crippen molar-refractivity contribution in [1.29, 1.82) is 0 Å². The van der Waals surface area contributed by atoms with Gasteiger partial charge in [0.05, 0.1) is 12.5 Å². The van der Waals surface area contributed by atoms with Crippen molar-refractivity contribution in [1.82, 2.24) is 0 Å². The van der Waals surface area contributed by atoms with E-state index >= 15 is 0 Å². The van der Waals surface area contributed by atoms with Gasteiger partial charge in [0, 0.05) is 11.8 Å². The van der Waals surface area contributed by atoms with E-state index in [-0.39, 0.29) is 16.9 Å². The number of hydrogen-bond acceptors (Lipinski definition) is 6. The van der Waals surface area contributed by atoms with Gasteiger partial charge < -0.3 is 23.9 Å². The maximum atomic E-state index is 13.7. The molecule has 186 valence electrons. The molecule has 7 nitrogen and oxygen atoms in total. The average Bonchev–Trinajstić information content (AvgIpc) is 2.85. The normalized spacial score (nSPS) is 11.2. The predicted octanol–water partition coefficient (Wildman–Crippen LogP) is 5.77. The van der Waals surface area contributed by atoms with Crippen LogP contribution in [0.4, 0.5) is 23.2 Å². The fourth-order valence-corrected chi connectivity index (χ4v) is 3.17. The summed E-state index contributed by atoms with van der Waals surface area (Å²) >= 11 is 0. The van der Waals surface area contributed by atoms with Gasteiger partial charge in [-0.05, 0) is 60.7 Å². The smallest absolute Gasteiger partial charge is 0.453 e. The number of anilines is 1. The summed E-state index contributed by atoms with van der Waals surface area (Å²) in [6.07, 6.45) is -5.04. The second-order valence-electron chi connectivity index (χ2n) is 7.37. The lowest BCUT2D eigenvalue weighted by Gasteiger charge is -2.14. The van der Waals surface area contributed by atoms with Gasteiger partial charge in [-0.15, -0.1) is 0 Å². The van der Waals surface area contributed by atoms with E-state index in [1.165, 1.54) is 55.6 Å². The van der Waals surface area contributed by atoms with E-state index in [4.69, 9.17) is 18.6 Å². The van der Waals surface area contributed by atoms with Gasteiger partial charge in [-0.25, -0.2) is 4.39 Å². The highest BCUT2D eigenvalue weighted by molar-refractivity contribution is 5.92. The topological polar surface area (TPSA) is 87.0 Å². The minimum Gasteiger partial charge on any atom is -0.497 e. The average molecular weight is 503 g/mol. The lowest BCUT2D eigenvalue weighted by molar-refractivity contribution is -0.154. The molecule has 0 bridgehead atoms. The number of rotatable bonds is 7. The molecule has 3 aromatic carbocycles. The summed E-state index contributed by atoms with van der Waals surface area (Å²) in [5, 5.41) is 2.29. The summed E-state index contributed by atoms with van der Waals surface area (Å²) in [5.41, 5.74) is -1.13. The maximum Gasteiger partial charge on any atom is 0.453 e. The van der Waals surface area contributed by atoms with Crippen LogP contribution in [0.15, 0.2) is 75.9 Å². The number of alkyl halides is 3. The number of methoxy groups -OCH3 is 1. The Balaban J connectivity index is 1.59. The Morgan fingerprint density at radius 2 is 1.58 bits per heavy atom. The molecule has 1 N–H and O–H groups in total. The standard InChI is InChI=1S/C25H17F4NO6/c1-33-16-6-8-17(9-7-16)35-23-22(32)19-11-10-18(12-20(19)36-24(23)25(27,28)29)34-13-21(31)30-15-4-2-14(26)3-5-15/h2-12H,13H2,1H3,(H,30,31). The lowest BCUT2D eigenvalue weighted by atomic mass is 10.2. The number of benzene rings is 3. The fourth-order valence-electron chi connectivity index (χ4n) is 3.17. The molecule has 0 unspecified atom stereocenters. The number of hydrogen-bond donors (Lipinski definition) is 1. The van der Waals surface area contributed by atoms with E-state index in [1.54, 1.807) is 0 Å².